The number of aryl methyl sites for hydroxylation is 2. The minimum absolute atomic E-state index is 0.160. The van der Waals surface area contributed by atoms with E-state index >= 15 is 0 Å². The van der Waals surface area contributed by atoms with Crippen LogP contribution in [0.5, 0.6) is 0 Å². The van der Waals surface area contributed by atoms with E-state index in [1.54, 1.807) is 17.4 Å². The number of hydrogen-bond donors (Lipinski definition) is 1. The molecule has 1 amide bonds. The van der Waals surface area contributed by atoms with Crippen LogP contribution in [-0.4, -0.2) is 15.9 Å². The lowest BCUT2D eigenvalue weighted by Crippen LogP contribution is -2.16. The molecule has 1 N–H and O–H groups in total. The number of carbonyl (C=O) groups is 1. The van der Waals surface area contributed by atoms with Gasteiger partial charge in [0.25, 0.3) is 0 Å². The minimum atomic E-state index is -0.160. The Morgan fingerprint density at radius 3 is 2.82 bits per heavy atom. The Bertz CT molecular complexity index is 794. The summed E-state index contributed by atoms with van der Waals surface area (Å²) in [6.07, 6.45) is 0.163. The Morgan fingerprint density at radius 2 is 2.09 bits per heavy atom. The van der Waals surface area contributed by atoms with Gasteiger partial charge in [0.2, 0.25) is 11.8 Å². The topological polar surface area (TPSA) is 68.0 Å². The summed E-state index contributed by atoms with van der Waals surface area (Å²) in [5, 5.41) is 4.74. The number of anilines is 1. The van der Waals surface area contributed by atoms with Crippen molar-refractivity contribution in [2.24, 2.45) is 0 Å². The molecule has 0 radical (unpaired) electrons. The van der Waals surface area contributed by atoms with Crippen molar-refractivity contribution >= 4 is 23.1 Å². The van der Waals surface area contributed by atoms with E-state index in [9.17, 15) is 4.79 Å². The lowest BCUT2D eigenvalue weighted by Gasteiger charge is -2.03. The number of nitrogens with zero attached hydrogens (tertiary/aromatic N) is 2. The SMILES string of the molecule is Cc1cccc(NC(=O)Cc2nc(-c3cccs3)oc2C)n1. The van der Waals surface area contributed by atoms with Crippen LogP contribution in [0.15, 0.2) is 40.1 Å². The number of amides is 1. The highest BCUT2D eigenvalue weighted by Gasteiger charge is 2.15. The van der Waals surface area contributed by atoms with Crippen molar-refractivity contribution in [2.45, 2.75) is 20.3 Å². The van der Waals surface area contributed by atoms with Gasteiger partial charge in [0, 0.05) is 5.69 Å². The summed E-state index contributed by atoms with van der Waals surface area (Å²) < 4.78 is 5.63. The fourth-order valence-electron chi connectivity index (χ4n) is 2.05. The Balaban J connectivity index is 1.72. The molecule has 3 aromatic heterocycles. The molecule has 0 aliphatic carbocycles. The van der Waals surface area contributed by atoms with Gasteiger partial charge in [0.15, 0.2) is 0 Å². The number of oxazole rings is 1. The van der Waals surface area contributed by atoms with E-state index in [2.05, 4.69) is 15.3 Å². The third kappa shape index (κ3) is 3.23. The van der Waals surface area contributed by atoms with Crippen molar-refractivity contribution in [3.63, 3.8) is 0 Å². The second-order valence-electron chi connectivity index (χ2n) is 4.89. The number of aromatic nitrogens is 2. The lowest BCUT2D eigenvalue weighted by molar-refractivity contribution is -0.115. The minimum Gasteiger partial charge on any atom is -0.440 e. The summed E-state index contributed by atoms with van der Waals surface area (Å²) in [6.45, 7) is 3.70. The first kappa shape index (κ1) is 14.5. The van der Waals surface area contributed by atoms with Crippen LogP contribution in [0.25, 0.3) is 10.8 Å². The Kier molecular flexibility index (Phi) is 4.02. The molecule has 0 aromatic carbocycles. The van der Waals surface area contributed by atoms with Crippen molar-refractivity contribution < 1.29 is 9.21 Å². The largest absolute Gasteiger partial charge is 0.440 e. The molecule has 3 heterocycles. The lowest BCUT2D eigenvalue weighted by atomic mass is 10.2. The van der Waals surface area contributed by atoms with E-state index in [1.165, 1.54) is 0 Å². The second-order valence-corrected chi connectivity index (χ2v) is 5.84. The fourth-order valence-corrected chi connectivity index (χ4v) is 2.70. The highest BCUT2D eigenvalue weighted by atomic mass is 32.1. The number of rotatable bonds is 4. The second kappa shape index (κ2) is 6.11. The van der Waals surface area contributed by atoms with Crippen LogP contribution >= 0.6 is 11.3 Å². The van der Waals surface area contributed by atoms with Crippen LogP contribution in [0.2, 0.25) is 0 Å². The number of nitrogens with one attached hydrogen (secondary N) is 1. The summed E-state index contributed by atoms with van der Waals surface area (Å²) in [4.78, 5) is 21.7. The highest BCUT2D eigenvalue weighted by molar-refractivity contribution is 7.13. The van der Waals surface area contributed by atoms with Gasteiger partial charge in [0.05, 0.1) is 17.0 Å². The van der Waals surface area contributed by atoms with E-state index in [-0.39, 0.29) is 12.3 Å². The fraction of sp³-hybridized carbons (Fsp3) is 0.188. The smallest absolute Gasteiger partial charge is 0.236 e. The van der Waals surface area contributed by atoms with E-state index in [0.717, 1.165) is 10.6 Å². The molecular weight excluding hydrogens is 298 g/mol. The molecular formula is C16H15N3O2S. The average molecular weight is 313 g/mol. The molecule has 0 aliphatic heterocycles. The van der Waals surface area contributed by atoms with E-state index in [1.807, 2.05) is 43.5 Å². The number of carbonyl (C=O) groups excluding carboxylic acids is 1. The van der Waals surface area contributed by atoms with Crippen molar-refractivity contribution in [2.75, 3.05) is 5.32 Å². The van der Waals surface area contributed by atoms with Gasteiger partial charge in [-0.2, -0.15) is 0 Å². The van der Waals surface area contributed by atoms with Crippen LogP contribution in [0.3, 0.4) is 0 Å². The van der Waals surface area contributed by atoms with Crippen molar-refractivity contribution in [3.8, 4) is 10.8 Å². The summed E-state index contributed by atoms with van der Waals surface area (Å²) in [7, 11) is 0. The Labute approximate surface area is 132 Å². The molecule has 0 aliphatic rings. The zero-order valence-electron chi connectivity index (χ0n) is 12.3. The molecule has 0 saturated carbocycles. The molecule has 22 heavy (non-hydrogen) atoms. The first-order chi connectivity index (χ1) is 10.6. The van der Waals surface area contributed by atoms with E-state index < -0.39 is 0 Å². The monoisotopic (exact) mass is 313 g/mol. The molecule has 3 aromatic rings. The predicted molar refractivity (Wildman–Crippen MR) is 85.9 cm³/mol. The van der Waals surface area contributed by atoms with Gasteiger partial charge in [-0.1, -0.05) is 12.1 Å². The molecule has 0 saturated heterocycles. The van der Waals surface area contributed by atoms with Gasteiger partial charge in [0.1, 0.15) is 11.6 Å². The van der Waals surface area contributed by atoms with Crippen LogP contribution in [0, 0.1) is 13.8 Å². The molecule has 112 valence electrons. The Hall–Kier alpha value is -2.47. The van der Waals surface area contributed by atoms with Crippen molar-refractivity contribution in [1.82, 2.24) is 9.97 Å². The number of thiophene rings is 1. The van der Waals surface area contributed by atoms with Gasteiger partial charge < -0.3 is 9.73 Å². The van der Waals surface area contributed by atoms with Crippen LogP contribution in [-0.2, 0) is 11.2 Å². The molecule has 6 heteroatoms. The highest BCUT2D eigenvalue weighted by Crippen LogP contribution is 2.26. The molecule has 5 nitrogen and oxygen atoms in total. The zero-order chi connectivity index (χ0) is 15.5. The summed E-state index contributed by atoms with van der Waals surface area (Å²) in [6, 6.07) is 9.38. The van der Waals surface area contributed by atoms with Crippen LogP contribution < -0.4 is 5.32 Å². The molecule has 0 unspecified atom stereocenters. The van der Waals surface area contributed by atoms with Crippen LogP contribution in [0.4, 0.5) is 5.82 Å². The van der Waals surface area contributed by atoms with Gasteiger partial charge in [-0.25, -0.2) is 9.97 Å². The number of pyridine rings is 1. The molecule has 0 fully saturated rings. The van der Waals surface area contributed by atoms with Crippen molar-refractivity contribution in [1.29, 1.82) is 0 Å². The quantitative estimate of drug-likeness (QED) is 0.799. The van der Waals surface area contributed by atoms with Gasteiger partial charge in [-0.15, -0.1) is 11.3 Å². The van der Waals surface area contributed by atoms with Gasteiger partial charge in [-0.3, -0.25) is 4.79 Å². The zero-order valence-corrected chi connectivity index (χ0v) is 13.1. The summed E-state index contributed by atoms with van der Waals surface area (Å²) in [5.41, 5.74) is 1.50. The average Bonchev–Trinajstić information content (AvgIpc) is 3.09. The molecule has 0 atom stereocenters. The van der Waals surface area contributed by atoms with Crippen LogP contribution in [0.1, 0.15) is 17.1 Å². The van der Waals surface area contributed by atoms with Gasteiger partial charge >= 0.3 is 0 Å². The standard InChI is InChI=1S/C16H15N3O2S/c1-10-5-3-7-14(17-10)19-15(20)9-12-11(2)21-16(18-12)13-6-4-8-22-13/h3-8H,9H2,1-2H3,(H,17,19,20). The molecule has 0 bridgehead atoms. The molecule has 3 rings (SSSR count). The normalized spacial score (nSPS) is 10.6. The van der Waals surface area contributed by atoms with Crippen molar-refractivity contribution in [3.05, 3.63) is 52.9 Å². The first-order valence-corrected chi connectivity index (χ1v) is 7.73. The maximum absolute atomic E-state index is 12.1. The maximum Gasteiger partial charge on any atom is 0.236 e. The van der Waals surface area contributed by atoms with E-state index in [4.69, 9.17) is 4.42 Å². The summed E-state index contributed by atoms with van der Waals surface area (Å²) >= 11 is 1.55. The Morgan fingerprint density at radius 1 is 1.23 bits per heavy atom. The summed E-state index contributed by atoms with van der Waals surface area (Å²) in [5.74, 6) is 1.61. The van der Waals surface area contributed by atoms with Gasteiger partial charge in [-0.05, 0) is 37.4 Å². The first-order valence-electron chi connectivity index (χ1n) is 6.85. The molecule has 0 spiro atoms. The predicted octanol–water partition coefficient (Wildman–Crippen LogP) is 3.60. The third-order valence-electron chi connectivity index (χ3n) is 3.11. The maximum atomic E-state index is 12.1. The van der Waals surface area contributed by atoms with E-state index in [0.29, 0.717) is 23.2 Å². The third-order valence-corrected chi connectivity index (χ3v) is 3.97. The number of hydrogen-bond acceptors (Lipinski definition) is 5.